The Morgan fingerprint density at radius 2 is 1.78 bits per heavy atom. The highest BCUT2D eigenvalue weighted by atomic mass is 32.2. The van der Waals surface area contributed by atoms with Gasteiger partial charge in [-0.25, -0.2) is 0 Å². The lowest BCUT2D eigenvalue weighted by atomic mass is 9.92. The van der Waals surface area contributed by atoms with Gasteiger partial charge in [0.25, 0.3) is 0 Å². The molecule has 2 N–H and O–H groups in total. The highest BCUT2D eigenvalue weighted by Gasteiger charge is 2.31. The number of nitrogens with zero attached hydrogens (tertiary/aromatic N) is 1. The number of hydrogen-bond acceptors (Lipinski definition) is 4. The molecule has 1 aromatic rings. The van der Waals surface area contributed by atoms with E-state index >= 15 is 0 Å². The van der Waals surface area contributed by atoms with Crippen molar-refractivity contribution < 1.29 is 9.90 Å². The van der Waals surface area contributed by atoms with Crippen molar-refractivity contribution in [3.63, 3.8) is 0 Å². The largest absolute Gasteiger partial charge is 0.393 e. The number of carbonyl (C=O) groups excluding carboxylic acids is 1. The summed E-state index contributed by atoms with van der Waals surface area (Å²) in [6.07, 6.45) is 3.16. The first-order valence-electron chi connectivity index (χ1n) is 8.59. The van der Waals surface area contributed by atoms with Crippen LogP contribution < -0.4 is 5.32 Å². The topological polar surface area (TPSA) is 52.6 Å². The van der Waals surface area contributed by atoms with Crippen LogP contribution in [-0.2, 0) is 4.79 Å². The average molecular weight is 334 g/mol. The van der Waals surface area contributed by atoms with Crippen LogP contribution in [0.15, 0.2) is 30.3 Å². The summed E-state index contributed by atoms with van der Waals surface area (Å²) >= 11 is 1.96. The number of aliphatic hydroxyl groups excluding tert-OH is 1. The quantitative estimate of drug-likeness (QED) is 0.886. The van der Waals surface area contributed by atoms with Gasteiger partial charge in [-0.05, 0) is 31.2 Å². The first kappa shape index (κ1) is 16.8. The molecule has 4 nitrogen and oxygen atoms in total. The van der Waals surface area contributed by atoms with Gasteiger partial charge in [0.05, 0.1) is 6.10 Å². The number of hydrogen-bond donors (Lipinski definition) is 2. The first-order chi connectivity index (χ1) is 11.2. The van der Waals surface area contributed by atoms with E-state index in [1.165, 1.54) is 0 Å². The fourth-order valence-electron chi connectivity index (χ4n) is 3.50. The normalized spacial score (nSPS) is 27.3. The summed E-state index contributed by atoms with van der Waals surface area (Å²) in [5.41, 5.74) is 1.08. The maximum atomic E-state index is 13.0. The molecule has 5 heteroatoms. The zero-order valence-electron chi connectivity index (χ0n) is 13.5. The molecule has 0 radical (unpaired) electrons. The molecule has 23 heavy (non-hydrogen) atoms. The van der Waals surface area contributed by atoms with E-state index in [4.69, 9.17) is 0 Å². The van der Waals surface area contributed by atoms with Crippen molar-refractivity contribution in [2.75, 3.05) is 24.6 Å². The zero-order chi connectivity index (χ0) is 16.1. The maximum absolute atomic E-state index is 13.0. The molecule has 1 heterocycles. The van der Waals surface area contributed by atoms with Crippen LogP contribution in [0.25, 0.3) is 0 Å². The molecule has 126 valence electrons. The van der Waals surface area contributed by atoms with Crippen LogP contribution in [-0.4, -0.2) is 52.7 Å². The van der Waals surface area contributed by atoms with Crippen molar-refractivity contribution in [1.82, 2.24) is 10.2 Å². The minimum Gasteiger partial charge on any atom is -0.393 e. The van der Waals surface area contributed by atoms with Crippen molar-refractivity contribution in [2.24, 2.45) is 0 Å². The SMILES string of the molecule is O=C(NC1CCC(O)CC1)C(c1ccccc1)N1CCSCC1. The van der Waals surface area contributed by atoms with Gasteiger partial charge < -0.3 is 10.4 Å². The lowest BCUT2D eigenvalue weighted by Crippen LogP contribution is -2.47. The van der Waals surface area contributed by atoms with Crippen molar-refractivity contribution in [2.45, 2.75) is 43.9 Å². The lowest BCUT2D eigenvalue weighted by Gasteiger charge is -2.35. The third-order valence-electron chi connectivity index (χ3n) is 4.82. The Labute approximate surface area is 142 Å². The van der Waals surface area contributed by atoms with Crippen LogP contribution in [0, 0.1) is 0 Å². The Hall–Kier alpha value is -1.04. The van der Waals surface area contributed by atoms with Crippen LogP contribution in [0.2, 0.25) is 0 Å². The van der Waals surface area contributed by atoms with Crippen molar-refractivity contribution in [1.29, 1.82) is 0 Å². The predicted octanol–water partition coefficient (Wildman–Crippen LogP) is 2.20. The lowest BCUT2D eigenvalue weighted by molar-refractivity contribution is -0.127. The number of amides is 1. The Morgan fingerprint density at radius 1 is 1.13 bits per heavy atom. The molecule has 0 aromatic heterocycles. The fraction of sp³-hybridized carbons (Fsp3) is 0.611. The van der Waals surface area contributed by atoms with Crippen LogP contribution >= 0.6 is 11.8 Å². The van der Waals surface area contributed by atoms with E-state index in [9.17, 15) is 9.90 Å². The molecular weight excluding hydrogens is 308 g/mol. The van der Waals surface area contributed by atoms with Gasteiger partial charge in [0, 0.05) is 30.6 Å². The molecule has 1 aliphatic carbocycles. The van der Waals surface area contributed by atoms with Crippen molar-refractivity contribution in [3.05, 3.63) is 35.9 Å². The monoisotopic (exact) mass is 334 g/mol. The van der Waals surface area contributed by atoms with E-state index in [0.717, 1.165) is 55.8 Å². The van der Waals surface area contributed by atoms with Crippen molar-refractivity contribution >= 4 is 17.7 Å². The van der Waals surface area contributed by atoms with E-state index in [1.807, 2.05) is 30.0 Å². The van der Waals surface area contributed by atoms with E-state index in [-0.39, 0.29) is 24.1 Å². The molecule has 2 aliphatic rings. The second kappa shape index (κ2) is 8.18. The van der Waals surface area contributed by atoms with Crippen LogP contribution in [0.4, 0.5) is 0 Å². The molecule has 0 spiro atoms. The van der Waals surface area contributed by atoms with Gasteiger partial charge in [0.15, 0.2) is 0 Å². The van der Waals surface area contributed by atoms with Crippen molar-refractivity contribution in [3.8, 4) is 0 Å². The first-order valence-corrected chi connectivity index (χ1v) is 9.74. The Morgan fingerprint density at radius 3 is 2.43 bits per heavy atom. The third kappa shape index (κ3) is 4.49. The Kier molecular flexibility index (Phi) is 5.97. The van der Waals surface area contributed by atoms with E-state index in [2.05, 4.69) is 22.3 Å². The standard InChI is InChI=1S/C18H26N2O2S/c21-16-8-6-15(7-9-16)19-18(22)17(14-4-2-1-3-5-14)20-10-12-23-13-11-20/h1-5,15-17,21H,6-13H2,(H,19,22). The smallest absolute Gasteiger partial charge is 0.242 e. The zero-order valence-corrected chi connectivity index (χ0v) is 14.3. The predicted molar refractivity (Wildman–Crippen MR) is 94.5 cm³/mol. The summed E-state index contributed by atoms with van der Waals surface area (Å²) in [6, 6.07) is 10.1. The van der Waals surface area contributed by atoms with Gasteiger partial charge in [0.2, 0.25) is 5.91 Å². The maximum Gasteiger partial charge on any atom is 0.242 e. The molecule has 1 atom stereocenters. The Bertz CT molecular complexity index is 497. The van der Waals surface area contributed by atoms with Gasteiger partial charge in [0.1, 0.15) is 6.04 Å². The fourth-order valence-corrected chi connectivity index (χ4v) is 4.43. The molecule has 0 bridgehead atoms. The molecule has 1 amide bonds. The molecule has 1 aromatic carbocycles. The summed E-state index contributed by atoms with van der Waals surface area (Å²) in [6.45, 7) is 1.92. The molecular formula is C18H26N2O2S. The summed E-state index contributed by atoms with van der Waals surface area (Å²) in [4.78, 5) is 15.3. The van der Waals surface area contributed by atoms with Gasteiger partial charge in [-0.3, -0.25) is 9.69 Å². The van der Waals surface area contributed by atoms with E-state index in [0.29, 0.717) is 0 Å². The number of carbonyl (C=O) groups is 1. The molecule has 2 fully saturated rings. The summed E-state index contributed by atoms with van der Waals surface area (Å²) in [5, 5.41) is 12.9. The second-order valence-corrected chi connectivity index (χ2v) is 7.70. The van der Waals surface area contributed by atoms with Crippen LogP contribution in [0.3, 0.4) is 0 Å². The summed E-state index contributed by atoms with van der Waals surface area (Å²) in [7, 11) is 0. The molecule has 3 rings (SSSR count). The number of rotatable bonds is 4. The van der Waals surface area contributed by atoms with Gasteiger partial charge in [-0.15, -0.1) is 0 Å². The highest BCUT2D eigenvalue weighted by molar-refractivity contribution is 7.99. The summed E-state index contributed by atoms with van der Waals surface area (Å²) in [5.74, 6) is 2.29. The van der Waals surface area contributed by atoms with E-state index < -0.39 is 0 Å². The Balaban J connectivity index is 1.70. The molecule has 1 unspecified atom stereocenters. The summed E-state index contributed by atoms with van der Waals surface area (Å²) < 4.78 is 0. The second-order valence-electron chi connectivity index (χ2n) is 6.48. The van der Waals surface area contributed by atoms with Gasteiger partial charge in [-0.1, -0.05) is 30.3 Å². The van der Waals surface area contributed by atoms with Crippen LogP contribution in [0.1, 0.15) is 37.3 Å². The number of thioether (sulfide) groups is 1. The third-order valence-corrected chi connectivity index (χ3v) is 5.76. The minimum absolute atomic E-state index is 0.115. The minimum atomic E-state index is -0.191. The highest BCUT2D eigenvalue weighted by Crippen LogP contribution is 2.26. The number of aliphatic hydroxyl groups is 1. The van der Waals surface area contributed by atoms with Gasteiger partial charge in [-0.2, -0.15) is 11.8 Å². The van der Waals surface area contributed by atoms with Gasteiger partial charge >= 0.3 is 0 Å². The molecule has 1 aliphatic heterocycles. The number of nitrogens with one attached hydrogen (secondary N) is 1. The number of benzene rings is 1. The average Bonchev–Trinajstić information content (AvgIpc) is 2.59. The van der Waals surface area contributed by atoms with E-state index in [1.54, 1.807) is 0 Å². The molecule has 1 saturated carbocycles. The van der Waals surface area contributed by atoms with Crippen LogP contribution in [0.5, 0.6) is 0 Å². The molecule has 1 saturated heterocycles.